The van der Waals surface area contributed by atoms with Crippen molar-refractivity contribution in [1.82, 2.24) is 9.97 Å². The van der Waals surface area contributed by atoms with Crippen molar-refractivity contribution < 1.29 is 4.74 Å². The molecule has 0 aliphatic heterocycles. The van der Waals surface area contributed by atoms with Gasteiger partial charge in [-0.25, -0.2) is 4.98 Å². The zero-order valence-electron chi connectivity index (χ0n) is 10.8. The first kappa shape index (κ1) is 13.3. The van der Waals surface area contributed by atoms with Crippen LogP contribution in [0.3, 0.4) is 0 Å². The van der Waals surface area contributed by atoms with Gasteiger partial charge in [-0.2, -0.15) is 0 Å². The number of aromatic amines is 1. The first-order chi connectivity index (χ1) is 9.69. The average Bonchev–Trinajstić information content (AvgIpc) is 2.83. The molecular weight excluding hydrogens is 295 g/mol. The summed E-state index contributed by atoms with van der Waals surface area (Å²) in [5.74, 6) is 1.54. The number of benzene rings is 2. The van der Waals surface area contributed by atoms with Crippen LogP contribution in [0.4, 0.5) is 0 Å². The van der Waals surface area contributed by atoms with Crippen LogP contribution in [0, 0.1) is 0 Å². The highest BCUT2D eigenvalue weighted by molar-refractivity contribution is 6.42. The Morgan fingerprint density at radius 3 is 2.70 bits per heavy atom. The first-order valence-corrected chi connectivity index (χ1v) is 7.01. The fourth-order valence-electron chi connectivity index (χ4n) is 2.08. The van der Waals surface area contributed by atoms with Crippen LogP contribution in [0.5, 0.6) is 5.75 Å². The summed E-state index contributed by atoms with van der Waals surface area (Å²) in [7, 11) is 0. The quantitative estimate of drug-likeness (QED) is 0.744. The van der Waals surface area contributed by atoms with E-state index in [4.69, 9.17) is 27.9 Å². The lowest BCUT2D eigenvalue weighted by atomic mass is 10.2. The van der Waals surface area contributed by atoms with Crippen LogP contribution in [0.25, 0.3) is 22.4 Å². The molecule has 3 aromatic rings. The van der Waals surface area contributed by atoms with Crippen molar-refractivity contribution >= 4 is 34.2 Å². The van der Waals surface area contributed by atoms with E-state index in [2.05, 4.69) is 9.97 Å². The summed E-state index contributed by atoms with van der Waals surface area (Å²) in [4.78, 5) is 7.79. The molecule has 0 fully saturated rings. The van der Waals surface area contributed by atoms with Crippen LogP contribution >= 0.6 is 23.2 Å². The van der Waals surface area contributed by atoms with Crippen molar-refractivity contribution in [1.29, 1.82) is 0 Å². The molecule has 2 aromatic carbocycles. The number of rotatable bonds is 3. The number of fused-ring (bicyclic) bond motifs is 1. The monoisotopic (exact) mass is 306 g/mol. The average molecular weight is 307 g/mol. The summed E-state index contributed by atoms with van der Waals surface area (Å²) < 4.78 is 5.62. The molecule has 0 bridgehead atoms. The molecule has 0 saturated heterocycles. The van der Waals surface area contributed by atoms with Gasteiger partial charge in [-0.15, -0.1) is 0 Å². The van der Waals surface area contributed by atoms with Crippen LogP contribution in [-0.2, 0) is 0 Å². The minimum absolute atomic E-state index is 0.496. The summed E-state index contributed by atoms with van der Waals surface area (Å²) in [5, 5.41) is 1.00. The molecule has 0 unspecified atom stereocenters. The molecule has 1 aromatic heterocycles. The Kier molecular flexibility index (Phi) is 3.55. The molecule has 0 saturated carbocycles. The van der Waals surface area contributed by atoms with E-state index in [9.17, 15) is 0 Å². The smallest absolute Gasteiger partial charge is 0.142 e. The van der Waals surface area contributed by atoms with Gasteiger partial charge in [0.1, 0.15) is 11.6 Å². The van der Waals surface area contributed by atoms with Crippen LogP contribution in [0.1, 0.15) is 6.92 Å². The van der Waals surface area contributed by atoms with E-state index in [0.29, 0.717) is 16.7 Å². The number of aromatic nitrogens is 2. The molecule has 0 radical (unpaired) electrons. The van der Waals surface area contributed by atoms with Crippen molar-refractivity contribution in [3.05, 3.63) is 46.4 Å². The number of nitrogens with one attached hydrogen (secondary N) is 1. The molecule has 0 spiro atoms. The van der Waals surface area contributed by atoms with Gasteiger partial charge in [0.2, 0.25) is 0 Å². The predicted octanol–water partition coefficient (Wildman–Crippen LogP) is 4.94. The zero-order chi connectivity index (χ0) is 14.1. The van der Waals surface area contributed by atoms with Gasteiger partial charge in [-0.05, 0) is 31.2 Å². The summed E-state index contributed by atoms with van der Waals surface area (Å²) in [5.41, 5.74) is 2.54. The number of hydrogen-bond donors (Lipinski definition) is 1. The summed E-state index contributed by atoms with van der Waals surface area (Å²) in [6, 6.07) is 11.3. The van der Waals surface area contributed by atoms with Gasteiger partial charge >= 0.3 is 0 Å². The molecule has 1 N–H and O–H groups in total. The maximum absolute atomic E-state index is 6.02. The van der Waals surface area contributed by atoms with Gasteiger partial charge in [0.25, 0.3) is 0 Å². The van der Waals surface area contributed by atoms with Gasteiger partial charge in [-0.1, -0.05) is 35.3 Å². The van der Waals surface area contributed by atoms with Crippen molar-refractivity contribution in [2.24, 2.45) is 0 Å². The van der Waals surface area contributed by atoms with Gasteiger partial charge in [0.15, 0.2) is 0 Å². The molecule has 0 amide bonds. The van der Waals surface area contributed by atoms with E-state index in [1.807, 2.05) is 31.2 Å². The van der Waals surface area contributed by atoms with Gasteiger partial charge in [0, 0.05) is 0 Å². The van der Waals surface area contributed by atoms with Gasteiger partial charge < -0.3 is 9.72 Å². The second kappa shape index (κ2) is 5.35. The number of nitrogens with zero attached hydrogens (tertiary/aromatic N) is 1. The van der Waals surface area contributed by atoms with Gasteiger partial charge in [0.05, 0.1) is 33.2 Å². The molecular formula is C15H12Cl2N2O. The Morgan fingerprint density at radius 1 is 1.15 bits per heavy atom. The van der Waals surface area contributed by atoms with Crippen molar-refractivity contribution in [2.45, 2.75) is 6.92 Å². The highest BCUT2D eigenvalue weighted by Gasteiger charge is 2.11. The molecule has 0 atom stereocenters. The highest BCUT2D eigenvalue weighted by atomic mass is 35.5. The van der Waals surface area contributed by atoms with Gasteiger partial charge in [-0.3, -0.25) is 0 Å². The molecule has 3 nitrogen and oxygen atoms in total. The fraction of sp³-hybridized carbons (Fsp3) is 0.133. The van der Waals surface area contributed by atoms with Crippen LogP contribution in [-0.4, -0.2) is 16.6 Å². The largest absolute Gasteiger partial charge is 0.493 e. The number of ether oxygens (including phenoxy) is 1. The normalized spacial score (nSPS) is 10.9. The Balaban J connectivity index is 2.15. The standard InChI is InChI=1S/C15H12Cl2N2O/c1-2-20-14-6-4-3-5-9(14)15-18-12-7-10(16)11(17)8-13(12)19-15/h3-8H,2H2,1H3,(H,18,19). The zero-order valence-corrected chi connectivity index (χ0v) is 12.3. The van der Waals surface area contributed by atoms with E-state index in [1.54, 1.807) is 12.1 Å². The third-order valence-corrected chi connectivity index (χ3v) is 3.69. The number of para-hydroxylation sites is 1. The molecule has 3 rings (SSSR count). The molecule has 102 valence electrons. The number of H-pyrrole nitrogens is 1. The van der Waals surface area contributed by atoms with Crippen LogP contribution in [0.2, 0.25) is 10.0 Å². The molecule has 20 heavy (non-hydrogen) atoms. The van der Waals surface area contributed by atoms with Crippen molar-refractivity contribution in [3.63, 3.8) is 0 Å². The summed E-state index contributed by atoms with van der Waals surface area (Å²) in [6.07, 6.45) is 0. The molecule has 1 heterocycles. The predicted molar refractivity (Wildman–Crippen MR) is 82.7 cm³/mol. The molecule has 0 aliphatic carbocycles. The number of imidazole rings is 1. The maximum atomic E-state index is 6.02. The summed E-state index contributed by atoms with van der Waals surface area (Å²) >= 11 is 12.0. The molecule has 0 aliphatic rings. The first-order valence-electron chi connectivity index (χ1n) is 6.26. The molecule has 5 heteroatoms. The Bertz CT molecular complexity index is 729. The SMILES string of the molecule is CCOc1ccccc1-c1nc2cc(Cl)c(Cl)cc2[nH]1. The second-order valence-electron chi connectivity index (χ2n) is 4.30. The third kappa shape index (κ3) is 2.35. The van der Waals surface area contributed by atoms with E-state index < -0.39 is 0 Å². The maximum Gasteiger partial charge on any atom is 0.142 e. The van der Waals surface area contributed by atoms with Crippen molar-refractivity contribution in [3.8, 4) is 17.1 Å². The van der Waals surface area contributed by atoms with E-state index in [-0.39, 0.29) is 0 Å². The lowest BCUT2D eigenvalue weighted by Gasteiger charge is -2.07. The minimum Gasteiger partial charge on any atom is -0.493 e. The third-order valence-electron chi connectivity index (χ3n) is 2.97. The summed E-state index contributed by atoms with van der Waals surface area (Å²) in [6.45, 7) is 2.56. The van der Waals surface area contributed by atoms with E-state index in [1.165, 1.54) is 0 Å². The Hall–Kier alpha value is -1.71. The lowest BCUT2D eigenvalue weighted by Crippen LogP contribution is -1.94. The number of halogens is 2. The Labute approximate surface area is 126 Å². The van der Waals surface area contributed by atoms with Crippen molar-refractivity contribution in [2.75, 3.05) is 6.61 Å². The van der Waals surface area contributed by atoms with E-state index >= 15 is 0 Å². The fourth-order valence-corrected chi connectivity index (χ4v) is 2.40. The Morgan fingerprint density at radius 2 is 1.90 bits per heavy atom. The highest BCUT2D eigenvalue weighted by Crippen LogP contribution is 2.32. The minimum atomic E-state index is 0.496. The van der Waals surface area contributed by atoms with Crippen LogP contribution in [0.15, 0.2) is 36.4 Å². The topological polar surface area (TPSA) is 37.9 Å². The lowest BCUT2D eigenvalue weighted by molar-refractivity contribution is 0.341. The van der Waals surface area contributed by atoms with E-state index in [0.717, 1.165) is 28.2 Å². The number of hydrogen-bond acceptors (Lipinski definition) is 2. The van der Waals surface area contributed by atoms with Crippen LogP contribution < -0.4 is 4.74 Å². The second-order valence-corrected chi connectivity index (χ2v) is 5.11.